The number of aromatic amines is 1. The van der Waals surface area contributed by atoms with E-state index in [1.807, 2.05) is 0 Å². The average Bonchev–Trinajstić information content (AvgIpc) is 2.75. The second-order valence-corrected chi connectivity index (χ2v) is 8.34. The molecule has 1 atom stereocenters. The summed E-state index contributed by atoms with van der Waals surface area (Å²) in [6.07, 6.45) is -0.234. The van der Waals surface area contributed by atoms with Crippen LogP contribution in [-0.4, -0.2) is 28.9 Å². The largest absolute Gasteiger partial charge is 0.495 e. The number of H-pyrrole nitrogens is 1. The Kier molecular flexibility index (Phi) is 6.46. The minimum absolute atomic E-state index is 0.0270. The molecule has 1 aliphatic rings. The van der Waals surface area contributed by atoms with Gasteiger partial charge in [0.25, 0.3) is 5.56 Å². The molecule has 0 saturated heterocycles. The summed E-state index contributed by atoms with van der Waals surface area (Å²) in [6, 6.07) is 9.45. The third-order valence-corrected chi connectivity index (χ3v) is 5.65. The number of aromatic nitrogens is 2. The van der Waals surface area contributed by atoms with E-state index in [1.165, 1.54) is 19.2 Å². The normalized spacial score (nSPS) is 14.8. The smallest absolute Gasteiger partial charge is 0.258 e. The molecule has 4 rings (SSSR count). The highest BCUT2D eigenvalue weighted by Crippen LogP contribution is 2.33. The van der Waals surface area contributed by atoms with E-state index in [2.05, 4.69) is 25.9 Å². The van der Waals surface area contributed by atoms with Gasteiger partial charge in [-0.15, -0.1) is 0 Å². The van der Waals surface area contributed by atoms with Gasteiger partial charge in [-0.1, -0.05) is 34.8 Å². The first-order chi connectivity index (χ1) is 15.7. The zero-order valence-corrected chi connectivity index (χ0v) is 19.2. The maximum atomic E-state index is 13.0. The fourth-order valence-corrected chi connectivity index (χ4v) is 4.00. The Hall–Kier alpha value is -3.27. The van der Waals surface area contributed by atoms with Crippen LogP contribution in [0.4, 0.5) is 23.1 Å². The van der Waals surface area contributed by atoms with Gasteiger partial charge >= 0.3 is 0 Å². The predicted molar refractivity (Wildman–Crippen MR) is 127 cm³/mol. The maximum absolute atomic E-state index is 13.0. The number of methoxy groups -OCH3 is 1. The SMILES string of the molecule is COc1ccc(Cl)cc1NC(=O)C1CC(=O)Nc2nc(Nc3ccc(Cl)cc3Cl)[nH]c(=O)c21. The Balaban J connectivity index is 1.66. The second kappa shape index (κ2) is 9.30. The van der Waals surface area contributed by atoms with Crippen molar-refractivity contribution in [3.63, 3.8) is 0 Å². The van der Waals surface area contributed by atoms with Gasteiger partial charge < -0.3 is 20.7 Å². The highest BCUT2D eigenvalue weighted by molar-refractivity contribution is 6.36. The molecule has 0 radical (unpaired) electrons. The second-order valence-electron chi connectivity index (χ2n) is 7.06. The molecule has 1 aromatic heterocycles. The Morgan fingerprint density at radius 1 is 1.09 bits per heavy atom. The lowest BCUT2D eigenvalue weighted by molar-refractivity contribution is -0.123. The highest BCUT2D eigenvalue weighted by Gasteiger charge is 2.35. The fraction of sp³-hybridized carbons (Fsp3) is 0.143. The fourth-order valence-electron chi connectivity index (χ4n) is 3.37. The van der Waals surface area contributed by atoms with Crippen molar-refractivity contribution in [3.05, 3.63) is 67.4 Å². The van der Waals surface area contributed by atoms with E-state index in [1.54, 1.807) is 24.3 Å². The zero-order chi connectivity index (χ0) is 23.7. The van der Waals surface area contributed by atoms with Crippen molar-refractivity contribution in [1.82, 2.24) is 9.97 Å². The first-order valence-electron chi connectivity index (χ1n) is 9.55. The number of rotatable bonds is 5. The quantitative estimate of drug-likeness (QED) is 0.401. The number of nitrogens with one attached hydrogen (secondary N) is 4. The van der Waals surface area contributed by atoms with Crippen molar-refractivity contribution < 1.29 is 14.3 Å². The van der Waals surface area contributed by atoms with Gasteiger partial charge in [0, 0.05) is 16.5 Å². The lowest BCUT2D eigenvalue weighted by Crippen LogP contribution is -2.36. The Morgan fingerprint density at radius 3 is 2.55 bits per heavy atom. The lowest BCUT2D eigenvalue weighted by Gasteiger charge is -2.24. The summed E-state index contributed by atoms with van der Waals surface area (Å²) in [6.45, 7) is 0. The summed E-state index contributed by atoms with van der Waals surface area (Å²) in [4.78, 5) is 45.1. The molecular weight excluding hydrogens is 493 g/mol. The predicted octanol–water partition coefficient (Wildman–Crippen LogP) is 4.55. The number of fused-ring (bicyclic) bond motifs is 1. The van der Waals surface area contributed by atoms with Crippen molar-refractivity contribution in [1.29, 1.82) is 0 Å². The van der Waals surface area contributed by atoms with Gasteiger partial charge in [0.1, 0.15) is 11.6 Å². The molecule has 0 bridgehead atoms. The topological polar surface area (TPSA) is 125 Å². The minimum Gasteiger partial charge on any atom is -0.495 e. The first-order valence-corrected chi connectivity index (χ1v) is 10.7. The summed E-state index contributed by atoms with van der Waals surface area (Å²) in [5, 5.41) is 9.21. The summed E-state index contributed by atoms with van der Waals surface area (Å²) in [5.74, 6) is -1.75. The molecule has 2 heterocycles. The van der Waals surface area contributed by atoms with Gasteiger partial charge in [-0.05, 0) is 36.4 Å². The van der Waals surface area contributed by atoms with E-state index in [4.69, 9.17) is 39.5 Å². The molecule has 33 heavy (non-hydrogen) atoms. The maximum Gasteiger partial charge on any atom is 0.258 e. The number of hydrogen-bond donors (Lipinski definition) is 4. The number of hydrogen-bond acceptors (Lipinski definition) is 6. The third kappa shape index (κ3) is 4.90. The number of nitrogens with zero attached hydrogens (tertiary/aromatic N) is 1. The van der Waals surface area contributed by atoms with Crippen molar-refractivity contribution in [2.24, 2.45) is 0 Å². The molecule has 0 aliphatic carbocycles. The van der Waals surface area contributed by atoms with Crippen LogP contribution in [0.5, 0.6) is 5.75 Å². The van der Waals surface area contributed by atoms with Gasteiger partial charge in [-0.2, -0.15) is 4.98 Å². The Morgan fingerprint density at radius 2 is 1.82 bits per heavy atom. The van der Waals surface area contributed by atoms with E-state index in [0.717, 1.165) is 0 Å². The molecule has 1 aliphatic heterocycles. The summed E-state index contributed by atoms with van der Waals surface area (Å²) >= 11 is 18.1. The molecule has 1 unspecified atom stereocenters. The van der Waals surface area contributed by atoms with Crippen LogP contribution < -0.4 is 26.2 Å². The first kappa shape index (κ1) is 22.9. The summed E-state index contributed by atoms with van der Waals surface area (Å²) in [7, 11) is 1.44. The van der Waals surface area contributed by atoms with Crippen LogP contribution >= 0.6 is 34.8 Å². The van der Waals surface area contributed by atoms with Crippen LogP contribution in [0.25, 0.3) is 0 Å². The van der Waals surface area contributed by atoms with Crippen molar-refractivity contribution in [2.45, 2.75) is 12.3 Å². The van der Waals surface area contributed by atoms with Gasteiger partial charge in [-0.25, -0.2) is 0 Å². The number of amides is 2. The van der Waals surface area contributed by atoms with Gasteiger partial charge in [0.05, 0.1) is 35.0 Å². The molecule has 0 saturated carbocycles. The number of benzene rings is 2. The van der Waals surface area contributed by atoms with Crippen LogP contribution in [0.15, 0.2) is 41.2 Å². The molecular formula is C21H16Cl3N5O4. The van der Waals surface area contributed by atoms with E-state index in [9.17, 15) is 14.4 Å². The minimum atomic E-state index is -1.08. The summed E-state index contributed by atoms with van der Waals surface area (Å²) in [5.41, 5.74) is 0.183. The zero-order valence-electron chi connectivity index (χ0n) is 17.0. The van der Waals surface area contributed by atoms with E-state index >= 15 is 0 Å². The molecule has 2 aromatic carbocycles. The van der Waals surface area contributed by atoms with Gasteiger partial charge in [0.2, 0.25) is 17.8 Å². The van der Waals surface area contributed by atoms with E-state index in [-0.39, 0.29) is 23.8 Å². The number of anilines is 4. The lowest BCUT2D eigenvalue weighted by atomic mass is 9.92. The number of carbonyl (C=O) groups excluding carboxylic acids is 2. The summed E-state index contributed by atoms with van der Waals surface area (Å²) < 4.78 is 5.23. The third-order valence-electron chi connectivity index (χ3n) is 4.87. The van der Waals surface area contributed by atoms with Crippen molar-refractivity contribution in [2.75, 3.05) is 23.1 Å². The molecule has 4 N–H and O–H groups in total. The van der Waals surface area contributed by atoms with Gasteiger partial charge in [-0.3, -0.25) is 19.4 Å². The standard InChI is InChI=1S/C21H16Cl3N5O4/c1-33-15-5-3-10(23)7-14(15)25-19(31)11-8-16(30)27-18-17(11)20(32)29-21(28-18)26-13-4-2-9(22)6-12(13)24/h2-7,11H,8H2,1H3,(H,25,31)(H3,26,27,28,29,30,32). The monoisotopic (exact) mass is 507 g/mol. The van der Waals surface area contributed by atoms with Crippen molar-refractivity contribution in [3.8, 4) is 5.75 Å². The number of carbonyl (C=O) groups is 2. The average molecular weight is 509 g/mol. The van der Waals surface area contributed by atoms with Gasteiger partial charge in [0.15, 0.2) is 0 Å². The van der Waals surface area contributed by atoms with Crippen molar-refractivity contribution >= 4 is 69.8 Å². The Bertz CT molecular complexity index is 1330. The molecule has 0 fully saturated rings. The van der Waals surface area contributed by atoms with Crippen LogP contribution in [0.3, 0.4) is 0 Å². The van der Waals surface area contributed by atoms with E-state index in [0.29, 0.717) is 32.2 Å². The molecule has 0 spiro atoms. The van der Waals surface area contributed by atoms with Crippen LogP contribution in [0, 0.1) is 0 Å². The molecule has 3 aromatic rings. The van der Waals surface area contributed by atoms with E-state index < -0.39 is 23.3 Å². The van der Waals surface area contributed by atoms with Crippen LogP contribution in [-0.2, 0) is 9.59 Å². The molecule has 2 amide bonds. The molecule has 9 nitrogen and oxygen atoms in total. The Labute approximate surface area is 202 Å². The molecule has 170 valence electrons. The molecule has 12 heteroatoms. The number of halogens is 3. The number of ether oxygens (including phenoxy) is 1. The van der Waals surface area contributed by atoms with Crippen LogP contribution in [0.2, 0.25) is 15.1 Å². The highest BCUT2D eigenvalue weighted by atomic mass is 35.5. The van der Waals surface area contributed by atoms with Crippen LogP contribution in [0.1, 0.15) is 17.9 Å².